The van der Waals surface area contributed by atoms with E-state index < -0.39 is 11.8 Å². The van der Waals surface area contributed by atoms with Crippen LogP contribution in [0.1, 0.15) is 0 Å². The Bertz CT molecular complexity index is 236. The van der Waals surface area contributed by atoms with Gasteiger partial charge >= 0.3 is 11.8 Å². The summed E-state index contributed by atoms with van der Waals surface area (Å²) in [6.45, 7) is 4.27. The van der Waals surface area contributed by atoms with Crippen molar-refractivity contribution in [1.29, 1.82) is 0 Å². The van der Waals surface area contributed by atoms with E-state index in [4.69, 9.17) is 5.73 Å². The minimum Gasteiger partial charge on any atom is -0.351 e. The molecule has 0 unspecified atom stereocenters. The average Bonchev–Trinajstić information content (AvgIpc) is 2.28. The summed E-state index contributed by atoms with van der Waals surface area (Å²) in [5, 5.41) is 2.33. The number of nitrogens with two attached hydrogens (primary N) is 1. The number of rotatable bonds is 2. The number of hydrogen-bond donors (Lipinski definition) is 2. The summed E-state index contributed by atoms with van der Waals surface area (Å²) < 4.78 is 0. The van der Waals surface area contributed by atoms with Crippen LogP contribution < -0.4 is 11.1 Å². The minimum atomic E-state index is -0.540. The second-order valence-electron chi connectivity index (χ2n) is 3.50. The van der Waals surface area contributed by atoms with Crippen molar-refractivity contribution < 1.29 is 9.59 Å². The molecule has 1 heterocycles. The van der Waals surface area contributed by atoms with Crippen LogP contribution in [0.2, 0.25) is 0 Å². The number of amides is 2. The number of nitrogens with one attached hydrogen (secondary N) is 1. The van der Waals surface area contributed by atoms with Crippen LogP contribution in [-0.4, -0.2) is 67.9 Å². The van der Waals surface area contributed by atoms with Gasteiger partial charge < -0.3 is 16.0 Å². The summed E-state index contributed by atoms with van der Waals surface area (Å²) in [6, 6.07) is 0. The zero-order valence-corrected chi connectivity index (χ0v) is 9.03. The highest BCUT2D eigenvalue weighted by atomic mass is 16.2. The summed E-state index contributed by atoms with van der Waals surface area (Å²) >= 11 is 0. The van der Waals surface area contributed by atoms with E-state index in [-0.39, 0.29) is 0 Å². The quantitative estimate of drug-likeness (QED) is 0.513. The van der Waals surface area contributed by atoms with Crippen molar-refractivity contribution in [2.75, 3.05) is 46.3 Å². The van der Waals surface area contributed by atoms with Gasteiger partial charge in [0.15, 0.2) is 0 Å². The number of hydrogen-bond acceptors (Lipinski definition) is 4. The lowest BCUT2D eigenvalue weighted by Gasteiger charge is -2.33. The molecule has 0 aromatic heterocycles. The average molecular weight is 214 g/mol. The van der Waals surface area contributed by atoms with Gasteiger partial charge in [0.2, 0.25) is 0 Å². The fourth-order valence-electron chi connectivity index (χ4n) is 1.61. The minimum absolute atomic E-state index is 0.440. The van der Waals surface area contributed by atoms with Crippen LogP contribution in [-0.2, 0) is 9.59 Å². The Labute approximate surface area is 89.4 Å². The molecule has 1 aliphatic heterocycles. The van der Waals surface area contributed by atoms with E-state index in [1.165, 1.54) is 7.05 Å². The number of nitrogens with zero attached hydrogens (tertiary/aromatic N) is 2. The molecular formula is C9H18N4O2. The van der Waals surface area contributed by atoms with Crippen molar-refractivity contribution in [3.63, 3.8) is 0 Å². The number of carbonyl (C=O) groups excluding carboxylic acids is 2. The topological polar surface area (TPSA) is 78.7 Å². The third-order valence-corrected chi connectivity index (χ3v) is 2.53. The van der Waals surface area contributed by atoms with E-state index in [0.717, 1.165) is 19.6 Å². The second kappa shape index (κ2) is 5.67. The zero-order chi connectivity index (χ0) is 11.3. The molecule has 1 aliphatic rings. The molecule has 6 nitrogen and oxygen atoms in total. The molecule has 0 radical (unpaired) electrons. The Morgan fingerprint density at radius 2 is 1.87 bits per heavy atom. The van der Waals surface area contributed by atoms with E-state index in [0.29, 0.717) is 19.6 Å². The normalized spacial score (nSPS) is 17.6. The van der Waals surface area contributed by atoms with Gasteiger partial charge in [-0.15, -0.1) is 0 Å². The molecule has 0 atom stereocenters. The summed E-state index contributed by atoms with van der Waals surface area (Å²) in [7, 11) is 1.46. The van der Waals surface area contributed by atoms with E-state index in [1.807, 2.05) is 0 Å². The molecule has 0 bridgehead atoms. The fraction of sp³-hybridized carbons (Fsp3) is 0.778. The third kappa shape index (κ3) is 3.17. The van der Waals surface area contributed by atoms with Crippen LogP contribution in [0, 0.1) is 0 Å². The highest BCUT2D eigenvalue weighted by molar-refractivity contribution is 6.34. The molecule has 86 valence electrons. The van der Waals surface area contributed by atoms with Crippen LogP contribution in [0.25, 0.3) is 0 Å². The molecule has 2 amide bonds. The maximum absolute atomic E-state index is 11.5. The summed E-state index contributed by atoms with van der Waals surface area (Å²) in [5.74, 6) is -0.979. The van der Waals surface area contributed by atoms with Crippen LogP contribution >= 0.6 is 0 Å². The van der Waals surface area contributed by atoms with Crippen molar-refractivity contribution in [3.05, 3.63) is 0 Å². The molecule has 0 aromatic carbocycles. The van der Waals surface area contributed by atoms with Gasteiger partial charge in [0.25, 0.3) is 0 Å². The Kier molecular flexibility index (Phi) is 4.51. The van der Waals surface area contributed by atoms with E-state index in [9.17, 15) is 9.59 Å². The van der Waals surface area contributed by atoms with Gasteiger partial charge in [-0.3, -0.25) is 14.5 Å². The van der Waals surface area contributed by atoms with Gasteiger partial charge in [-0.05, 0) is 0 Å². The number of piperazine rings is 1. The van der Waals surface area contributed by atoms with E-state index in [1.54, 1.807) is 4.90 Å². The van der Waals surface area contributed by atoms with Gasteiger partial charge in [-0.2, -0.15) is 0 Å². The van der Waals surface area contributed by atoms with Crippen LogP contribution in [0.4, 0.5) is 0 Å². The van der Waals surface area contributed by atoms with Crippen molar-refractivity contribution >= 4 is 11.8 Å². The first-order chi connectivity index (χ1) is 7.19. The summed E-state index contributed by atoms with van der Waals surface area (Å²) in [6.07, 6.45) is 0. The van der Waals surface area contributed by atoms with Crippen molar-refractivity contribution in [2.24, 2.45) is 5.73 Å². The van der Waals surface area contributed by atoms with Gasteiger partial charge in [0.1, 0.15) is 0 Å². The summed E-state index contributed by atoms with van der Waals surface area (Å²) in [5.41, 5.74) is 5.44. The lowest BCUT2D eigenvalue weighted by molar-refractivity contribution is -0.146. The first-order valence-electron chi connectivity index (χ1n) is 5.12. The molecule has 0 aromatic rings. The first-order valence-corrected chi connectivity index (χ1v) is 5.12. The van der Waals surface area contributed by atoms with Gasteiger partial charge in [-0.25, -0.2) is 0 Å². The lowest BCUT2D eigenvalue weighted by atomic mass is 10.3. The third-order valence-electron chi connectivity index (χ3n) is 2.53. The fourth-order valence-corrected chi connectivity index (χ4v) is 1.61. The van der Waals surface area contributed by atoms with Crippen molar-refractivity contribution in [1.82, 2.24) is 15.1 Å². The summed E-state index contributed by atoms with van der Waals surface area (Å²) in [4.78, 5) is 26.3. The van der Waals surface area contributed by atoms with Gasteiger partial charge in [0, 0.05) is 46.3 Å². The molecule has 1 fully saturated rings. The highest BCUT2D eigenvalue weighted by Gasteiger charge is 2.24. The van der Waals surface area contributed by atoms with Crippen molar-refractivity contribution in [3.8, 4) is 0 Å². The smallest absolute Gasteiger partial charge is 0.311 e. The highest BCUT2D eigenvalue weighted by Crippen LogP contribution is 2.01. The van der Waals surface area contributed by atoms with Crippen LogP contribution in [0.15, 0.2) is 0 Å². The monoisotopic (exact) mass is 214 g/mol. The molecule has 0 aliphatic carbocycles. The predicted molar refractivity (Wildman–Crippen MR) is 56.1 cm³/mol. The van der Waals surface area contributed by atoms with Gasteiger partial charge in [-0.1, -0.05) is 0 Å². The van der Waals surface area contributed by atoms with Gasteiger partial charge in [0.05, 0.1) is 0 Å². The maximum atomic E-state index is 11.5. The molecule has 1 rings (SSSR count). The Morgan fingerprint density at radius 1 is 1.27 bits per heavy atom. The molecule has 0 saturated carbocycles. The maximum Gasteiger partial charge on any atom is 0.311 e. The molecule has 0 spiro atoms. The van der Waals surface area contributed by atoms with E-state index in [2.05, 4.69) is 10.2 Å². The van der Waals surface area contributed by atoms with E-state index >= 15 is 0 Å². The number of likely N-dealkylation sites (N-methyl/N-ethyl adjacent to an activating group) is 1. The Hall–Kier alpha value is -1.14. The second-order valence-corrected chi connectivity index (χ2v) is 3.50. The zero-order valence-electron chi connectivity index (χ0n) is 9.03. The lowest BCUT2D eigenvalue weighted by Crippen LogP contribution is -2.52. The standard InChI is InChI=1S/C9H18N4O2/c1-11-8(14)9(15)13-6-4-12(3-2-10)5-7-13/h2-7,10H2,1H3,(H,11,14). The molecular weight excluding hydrogens is 196 g/mol. The molecule has 15 heavy (non-hydrogen) atoms. The Morgan fingerprint density at radius 3 is 2.33 bits per heavy atom. The van der Waals surface area contributed by atoms with Crippen LogP contribution in [0.5, 0.6) is 0 Å². The predicted octanol–water partition coefficient (Wildman–Crippen LogP) is -2.16. The Balaban J connectivity index is 2.37. The molecule has 3 N–H and O–H groups in total. The van der Waals surface area contributed by atoms with Crippen molar-refractivity contribution in [2.45, 2.75) is 0 Å². The first kappa shape index (κ1) is 11.9. The van der Waals surface area contributed by atoms with Crippen LogP contribution in [0.3, 0.4) is 0 Å². The largest absolute Gasteiger partial charge is 0.351 e. The molecule has 1 saturated heterocycles. The SMILES string of the molecule is CNC(=O)C(=O)N1CCN(CCN)CC1. The molecule has 6 heteroatoms. The number of carbonyl (C=O) groups is 2.